The van der Waals surface area contributed by atoms with Crippen molar-refractivity contribution in [2.75, 3.05) is 12.8 Å². The fourth-order valence-corrected chi connectivity index (χ4v) is 4.29. The summed E-state index contributed by atoms with van der Waals surface area (Å²) < 4.78 is 27.1. The lowest BCUT2D eigenvalue weighted by Crippen LogP contribution is -2.40. The predicted molar refractivity (Wildman–Crippen MR) is 89.8 cm³/mol. The third kappa shape index (κ3) is 5.62. The van der Waals surface area contributed by atoms with Crippen LogP contribution in [0, 0.1) is 0 Å². The molecule has 0 aliphatic rings. The SMILES string of the molecule is CCC(CC)(CNS(=O)(=O)Cc1cccc(CO)c1)SC. The van der Waals surface area contributed by atoms with Crippen LogP contribution in [-0.2, 0) is 22.4 Å². The maximum absolute atomic E-state index is 12.2. The Morgan fingerprint density at radius 2 is 1.86 bits per heavy atom. The summed E-state index contributed by atoms with van der Waals surface area (Å²) in [5.41, 5.74) is 1.42. The molecule has 0 aliphatic carbocycles. The van der Waals surface area contributed by atoms with Gasteiger partial charge in [-0.05, 0) is 30.2 Å². The first-order valence-corrected chi connectivity index (χ1v) is 9.99. The number of aliphatic hydroxyl groups is 1. The second-order valence-electron chi connectivity index (χ2n) is 5.15. The normalized spacial score (nSPS) is 12.6. The zero-order valence-corrected chi connectivity index (χ0v) is 14.6. The molecule has 120 valence electrons. The summed E-state index contributed by atoms with van der Waals surface area (Å²) in [4.78, 5) is 0. The zero-order valence-electron chi connectivity index (χ0n) is 12.9. The van der Waals surface area contributed by atoms with Crippen molar-refractivity contribution in [3.05, 3.63) is 35.4 Å². The van der Waals surface area contributed by atoms with Crippen LogP contribution < -0.4 is 4.72 Å². The Hall–Kier alpha value is -0.560. The van der Waals surface area contributed by atoms with Gasteiger partial charge in [0.25, 0.3) is 0 Å². The summed E-state index contributed by atoms with van der Waals surface area (Å²) in [6, 6.07) is 7.03. The zero-order chi connectivity index (χ0) is 15.9. The highest BCUT2D eigenvalue weighted by molar-refractivity contribution is 8.00. The predicted octanol–water partition coefficient (Wildman–Crippen LogP) is 2.52. The molecule has 0 amide bonds. The van der Waals surface area contributed by atoms with E-state index < -0.39 is 10.0 Å². The van der Waals surface area contributed by atoms with Crippen LogP contribution in [0.25, 0.3) is 0 Å². The molecule has 0 aromatic heterocycles. The molecule has 1 aromatic carbocycles. The third-order valence-electron chi connectivity index (χ3n) is 3.87. The first-order valence-electron chi connectivity index (χ1n) is 7.11. The van der Waals surface area contributed by atoms with Crippen molar-refractivity contribution in [1.29, 1.82) is 0 Å². The van der Waals surface area contributed by atoms with E-state index in [4.69, 9.17) is 5.11 Å². The molecular weight excluding hydrogens is 306 g/mol. The Morgan fingerprint density at radius 3 is 2.38 bits per heavy atom. The van der Waals surface area contributed by atoms with Crippen LogP contribution >= 0.6 is 11.8 Å². The van der Waals surface area contributed by atoms with E-state index in [-0.39, 0.29) is 17.1 Å². The van der Waals surface area contributed by atoms with Gasteiger partial charge in [-0.3, -0.25) is 0 Å². The van der Waals surface area contributed by atoms with Gasteiger partial charge in [0.15, 0.2) is 0 Å². The summed E-state index contributed by atoms with van der Waals surface area (Å²) in [6.45, 7) is 4.53. The lowest BCUT2D eigenvalue weighted by atomic mass is 10.0. The van der Waals surface area contributed by atoms with Gasteiger partial charge in [0, 0.05) is 11.3 Å². The molecule has 4 nitrogen and oxygen atoms in total. The number of rotatable bonds is 9. The third-order valence-corrected chi connectivity index (χ3v) is 6.75. The van der Waals surface area contributed by atoms with E-state index in [0.717, 1.165) is 18.4 Å². The Balaban J connectivity index is 2.73. The molecule has 2 N–H and O–H groups in total. The van der Waals surface area contributed by atoms with Crippen LogP contribution in [0.1, 0.15) is 37.8 Å². The van der Waals surface area contributed by atoms with Crippen molar-refractivity contribution >= 4 is 21.8 Å². The second-order valence-corrected chi connectivity index (χ2v) is 8.23. The number of hydrogen-bond acceptors (Lipinski definition) is 4. The molecule has 0 saturated carbocycles. The maximum Gasteiger partial charge on any atom is 0.215 e. The molecule has 0 bridgehead atoms. The molecule has 21 heavy (non-hydrogen) atoms. The molecule has 0 atom stereocenters. The smallest absolute Gasteiger partial charge is 0.215 e. The monoisotopic (exact) mass is 331 g/mol. The average Bonchev–Trinajstić information content (AvgIpc) is 2.49. The number of aliphatic hydroxyl groups excluding tert-OH is 1. The summed E-state index contributed by atoms with van der Waals surface area (Å²) in [5.74, 6) is -0.0568. The molecular formula is C15H25NO3S2. The Bertz CT molecular complexity index is 531. The lowest BCUT2D eigenvalue weighted by molar-refractivity contribution is 0.282. The Labute approximate surface area is 132 Å². The van der Waals surface area contributed by atoms with Crippen molar-refractivity contribution < 1.29 is 13.5 Å². The van der Waals surface area contributed by atoms with Crippen molar-refractivity contribution in [2.45, 2.75) is 43.8 Å². The van der Waals surface area contributed by atoms with Crippen molar-refractivity contribution in [2.24, 2.45) is 0 Å². The van der Waals surface area contributed by atoms with E-state index in [1.807, 2.05) is 6.26 Å². The molecule has 0 radical (unpaired) electrons. The van der Waals surface area contributed by atoms with Crippen molar-refractivity contribution in [3.8, 4) is 0 Å². The van der Waals surface area contributed by atoms with Gasteiger partial charge >= 0.3 is 0 Å². The molecule has 0 aliphatic heterocycles. The highest BCUT2D eigenvalue weighted by atomic mass is 32.2. The first-order chi connectivity index (χ1) is 9.90. The minimum atomic E-state index is -3.37. The number of hydrogen-bond donors (Lipinski definition) is 2. The van der Waals surface area contributed by atoms with Crippen LogP contribution in [0.4, 0.5) is 0 Å². The van der Waals surface area contributed by atoms with Gasteiger partial charge in [0.1, 0.15) is 0 Å². The van der Waals surface area contributed by atoms with E-state index in [2.05, 4.69) is 18.6 Å². The van der Waals surface area contributed by atoms with Crippen LogP contribution in [0.15, 0.2) is 24.3 Å². The number of nitrogens with one attached hydrogen (secondary N) is 1. The van der Waals surface area contributed by atoms with Gasteiger partial charge in [-0.1, -0.05) is 38.1 Å². The van der Waals surface area contributed by atoms with E-state index in [0.29, 0.717) is 12.1 Å². The highest BCUT2D eigenvalue weighted by Gasteiger charge is 2.26. The largest absolute Gasteiger partial charge is 0.392 e. The topological polar surface area (TPSA) is 66.4 Å². The molecule has 6 heteroatoms. The molecule has 0 spiro atoms. The van der Waals surface area contributed by atoms with Gasteiger partial charge in [-0.2, -0.15) is 11.8 Å². The van der Waals surface area contributed by atoms with Gasteiger partial charge in [0.05, 0.1) is 12.4 Å². The van der Waals surface area contributed by atoms with Gasteiger partial charge in [-0.25, -0.2) is 13.1 Å². The first kappa shape index (κ1) is 18.5. The molecule has 1 aromatic rings. The Kier molecular flexibility index (Phi) is 7.20. The van der Waals surface area contributed by atoms with Crippen molar-refractivity contribution in [1.82, 2.24) is 4.72 Å². The van der Waals surface area contributed by atoms with Gasteiger partial charge in [-0.15, -0.1) is 0 Å². The van der Waals surface area contributed by atoms with E-state index >= 15 is 0 Å². The maximum atomic E-state index is 12.2. The van der Waals surface area contributed by atoms with Crippen LogP contribution in [0.3, 0.4) is 0 Å². The number of thioether (sulfide) groups is 1. The fraction of sp³-hybridized carbons (Fsp3) is 0.600. The molecule has 1 rings (SSSR count). The van der Waals surface area contributed by atoms with Crippen LogP contribution in [0.5, 0.6) is 0 Å². The molecule has 0 fully saturated rings. The standard InChI is InChI=1S/C15H25NO3S2/c1-4-15(5-2,20-3)12-16-21(18,19)11-14-8-6-7-13(9-14)10-17/h6-9,16-17H,4-5,10-12H2,1-3H3. The molecule has 0 heterocycles. The quantitative estimate of drug-likeness (QED) is 0.730. The molecule has 0 unspecified atom stereocenters. The minimum Gasteiger partial charge on any atom is -0.392 e. The average molecular weight is 332 g/mol. The summed E-state index contributed by atoms with van der Waals surface area (Å²) >= 11 is 1.71. The molecule has 0 saturated heterocycles. The highest BCUT2D eigenvalue weighted by Crippen LogP contribution is 2.29. The van der Waals surface area contributed by atoms with E-state index in [1.54, 1.807) is 36.0 Å². The van der Waals surface area contributed by atoms with E-state index in [9.17, 15) is 8.42 Å². The van der Waals surface area contributed by atoms with E-state index in [1.165, 1.54) is 0 Å². The Morgan fingerprint density at radius 1 is 1.24 bits per heavy atom. The van der Waals surface area contributed by atoms with Crippen LogP contribution in [-0.4, -0.2) is 31.1 Å². The number of benzene rings is 1. The van der Waals surface area contributed by atoms with Crippen molar-refractivity contribution in [3.63, 3.8) is 0 Å². The summed E-state index contributed by atoms with van der Waals surface area (Å²) in [5, 5.41) is 9.10. The summed E-state index contributed by atoms with van der Waals surface area (Å²) in [6.07, 6.45) is 3.87. The number of sulfonamides is 1. The van der Waals surface area contributed by atoms with Crippen LogP contribution in [0.2, 0.25) is 0 Å². The fourth-order valence-electron chi connectivity index (χ4n) is 2.19. The second kappa shape index (κ2) is 8.17. The van der Waals surface area contributed by atoms with Gasteiger partial charge < -0.3 is 5.11 Å². The lowest BCUT2D eigenvalue weighted by Gasteiger charge is -2.29. The van der Waals surface area contributed by atoms with Gasteiger partial charge in [0.2, 0.25) is 10.0 Å². The summed E-state index contributed by atoms with van der Waals surface area (Å²) in [7, 11) is -3.37. The minimum absolute atomic E-state index is 0.0417.